The third-order valence-electron chi connectivity index (χ3n) is 6.84. The molecule has 2 N–H and O–H groups in total. The van der Waals surface area contributed by atoms with Crippen LogP contribution in [0.3, 0.4) is 0 Å². The van der Waals surface area contributed by atoms with Crippen LogP contribution in [0, 0.1) is 11.7 Å². The number of thiazole rings is 1. The van der Waals surface area contributed by atoms with Gasteiger partial charge in [0.05, 0.1) is 16.6 Å². The second-order valence-electron chi connectivity index (χ2n) is 9.27. The number of rotatable bonds is 5. The van der Waals surface area contributed by atoms with Gasteiger partial charge in [-0.15, -0.1) is 0 Å². The van der Waals surface area contributed by atoms with E-state index in [0.29, 0.717) is 31.9 Å². The number of hydrogen-bond acceptors (Lipinski definition) is 7. The molecule has 2 aliphatic heterocycles. The Balaban J connectivity index is 1.41. The second kappa shape index (κ2) is 10.2. The molecule has 3 heterocycles. The molecule has 3 amide bonds. The molecule has 8 nitrogen and oxygen atoms in total. The smallest absolute Gasteiger partial charge is 0.308 e. The van der Waals surface area contributed by atoms with Crippen molar-refractivity contribution in [1.82, 2.24) is 4.57 Å². The summed E-state index contributed by atoms with van der Waals surface area (Å²) < 4.78 is 14.5. The molecule has 1 saturated heterocycles. The highest BCUT2D eigenvalue weighted by atomic mass is 35.5. The van der Waals surface area contributed by atoms with Gasteiger partial charge in [0.2, 0.25) is 17.7 Å². The quantitative estimate of drug-likeness (QED) is 0.320. The van der Waals surface area contributed by atoms with Crippen molar-refractivity contribution >= 4 is 63.8 Å². The molecule has 2 aliphatic rings. The summed E-state index contributed by atoms with van der Waals surface area (Å²) >= 11 is 7.95. The molecule has 202 valence electrons. The lowest BCUT2D eigenvalue weighted by atomic mass is 9.82. The molecule has 6 rings (SSSR count). The van der Waals surface area contributed by atoms with Crippen molar-refractivity contribution in [3.63, 3.8) is 0 Å². The first-order chi connectivity index (χ1) is 19.2. The van der Waals surface area contributed by atoms with Gasteiger partial charge in [-0.3, -0.25) is 23.7 Å². The summed E-state index contributed by atoms with van der Waals surface area (Å²) in [7, 11) is 0. The maximum Gasteiger partial charge on any atom is 0.308 e. The minimum absolute atomic E-state index is 0.0734. The SMILES string of the molecule is O=C(Cn1c2c(sc1=O)C(c1ccccc1O)C1C(=O)N(c3ccc(Cl)cc3)C(=O)C1S2)Nc1ccc(F)cc1. The molecular weight excluding hydrogens is 577 g/mol. The van der Waals surface area contributed by atoms with Crippen molar-refractivity contribution < 1.29 is 23.9 Å². The van der Waals surface area contributed by atoms with Crippen molar-refractivity contribution in [3.05, 3.63) is 104 Å². The van der Waals surface area contributed by atoms with Gasteiger partial charge in [-0.25, -0.2) is 9.29 Å². The number of nitrogens with zero attached hydrogens (tertiary/aromatic N) is 2. The first kappa shape index (κ1) is 26.3. The van der Waals surface area contributed by atoms with Crippen LogP contribution in [-0.4, -0.2) is 32.6 Å². The van der Waals surface area contributed by atoms with Crippen molar-refractivity contribution in [2.24, 2.45) is 5.92 Å². The number of fused-ring (bicyclic) bond motifs is 2. The van der Waals surface area contributed by atoms with Crippen LogP contribution in [0.1, 0.15) is 16.4 Å². The molecule has 0 saturated carbocycles. The summed E-state index contributed by atoms with van der Waals surface area (Å²) in [5.74, 6) is -3.66. The highest BCUT2D eigenvalue weighted by molar-refractivity contribution is 8.00. The third-order valence-corrected chi connectivity index (χ3v) is 9.69. The average Bonchev–Trinajstić information content (AvgIpc) is 3.37. The molecule has 1 aromatic heterocycles. The summed E-state index contributed by atoms with van der Waals surface area (Å²) in [5, 5.41) is 13.4. The molecule has 40 heavy (non-hydrogen) atoms. The molecule has 0 spiro atoms. The fourth-order valence-electron chi connectivity index (χ4n) is 5.06. The maximum atomic E-state index is 13.8. The monoisotopic (exact) mass is 595 g/mol. The molecule has 0 radical (unpaired) electrons. The number of imide groups is 1. The first-order valence-electron chi connectivity index (χ1n) is 12.1. The Morgan fingerprint density at radius 2 is 1.68 bits per heavy atom. The van der Waals surface area contributed by atoms with E-state index < -0.39 is 45.5 Å². The Labute approximate surface area is 240 Å². The second-order valence-corrected chi connectivity index (χ2v) is 11.8. The van der Waals surface area contributed by atoms with Crippen LogP contribution in [0.25, 0.3) is 0 Å². The van der Waals surface area contributed by atoms with Gasteiger partial charge in [-0.1, -0.05) is 52.9 Å². The number of carbonyl (C=O) groups is 3. The molecule has 3 aromatic carbocycles. The maximum absolute atomic E-state index is 13.8. The lowest BCUT2D eigenvalue weighted by Crippen LogP contribution is -2.33. The largest absolute Gasteiger partial charge is 0.508 e. The number of aromatic hydroxyl groups is 1. The van der Waals surface area contributed by atoms with Crippen molar-refractivity contribution in [3.8, 4) is 5.75 Å². The fraction of sp³-hybridized carbons (Fsp3) is 0.143. The highest BCUT2D eigenvalue weighted by Crippen LogP contribution is 2.55. The van der Waals surface area contributed by atoms with Crippen LogP contribution in [-0.2, 0) is 20.9 Å². The Morgan fingerprint density at radius 1 is 0.975 bits per heavy atom. The van der Waals surface area contributed by atoms with Crippen LogP contribution < -0.4 is 15.1 Å². The average molecular weight is 596 g/mol. The number of benzene rings is 3. The van der Waals surface area contributed by atoms with Crippen molar-refractivity contribution in [2.75, 3.05) is 10.2 Å². The lowest BCUT2D eigenvalue weighted by molar-refractivity contribution is -0.122. The Hall–Kier alpha value is -3.93. The summed E-state index contributed by atoms with van der Waals surface area (Å²) in [6.45, 7) is -0.358. The van der Waals surface area contributed by atoms with Crippen LogP contribution in [0.4, 0.5) is 15.8 Å². The van der Waals surface area contributed by atoms with E-state index in [1.807, 2.05) is 0 Å². The predicted octanol–water partition coefficient (Wildman–Crippen LogP) is 4.84. The fourth-order valence-corrected chi connectivity index (χ4v) is 7.95. The number of phenols is 1. The number of hydrogen-bond donors (Lipinski definition) is 2. The van der Waals surface area contributed by atoms with E-state index >= 15 is 0 Å². The normalized spacial score (nSPS) is 19.9. The first-order valence-corrected chi connectivity index (χ1v) is 14.2. The van der Waals surface area contributed by atoms with Crippen LogP contribution in [0.5, 0.6) is 5.75 Å². The molecule has 12 heteroatoms. The number of amides is 3. The molecule has 1 fully saturated rings. The minimum atomic E-state index is -0.902. The van der Waals surface area contributed by atoms with E-state index in [0.717, 1.165) is 28.0 Å². The predicted molar refractivity (Wildman–Crippen MR) is 151 cm³/mol. The highest BCUT2D eigenvalue weighted by Gasteiger charge is 2.57. The molecule has 0 bridgehead atoms. The standard InChI is InChI=1S/C28H19ClFN3O5S2/c29-14-5-11-17(12-6-14)33-25(36)22-21(18-3-1-2-4-19(18)34)24-27(39-23(22)26(33)37)32(28(38)40-24)13-20(35)31-16-9-7-15(30)8-10-16/h1-12,21-23,34H,13H2,(H,31,35). The molecule has 0 aliphatic carbocycles. The zero-order valence-corrected chi connectivity index (χ0v) is 22.8. The topological polar surface area (TPSA) is 109 Å². The summed E-state index contributed by atoms with van der Waals surface area (Å²) in [6, 6.07) is 18.1. The Bertz CT molecular complexity index is 1720. The van der Waals surface area contributed by atoms with Gasteiger partial charge in [0.1, 0.15) is 23.4 Å². The van der Waals surface area contributed by atoms with Crippen LogP contribution >= 0.6 is 34.7 Å². The molecule has 3 atom stereocenters. The summed E-state index contributed by atoms with van der Waals surface area (Å²) in [6.07, 6.45) is 0. The van der Waals surface area contributed by atoms with Gasteiger partial charge >= 0.3 is 4.87 Å². The zero-order valence-electron chi connectivity index (χ0n) is 20.4. The number of nitrogens with one attached hydrogen (secondary N) is 1. The number of aromatic nitrogens is 1. The molecular formula is C28H19ClFN3O5S2. The van der Waals surface area contributed by atoms with Gasteiger partial charge < -0.3 is 10.4 Å². The van der Waals surface area contributed by atoms with Gasteiger partial charge in [-0.2, -0.15) is 0 Å². The number of carbonyl (C=O) groups excluding carboxylic acids is 3. The lowest BCUT2D eigenvalue weighted by Gasteiger charge is -2.31. The molecule has 4 aromatic rings. The van der Waals surface area contributed by atoms with Crippen LogP contribution in [0.15, 0.2) is 82.6 Å². The Kier molecular flexibility index (Phi) is 6.73. The minimum Gasteiger partial charge on any atom is -0.508 e. The van der Waals surface area contributed by atoms with E-state index in [9.17, 15) is 28.7 Å². The van der Waals surface area contributed by atoms with E-state index in [-0.39, 0.29) is 12.3 Å². The van der Waals surface area contributed by atoms with E-state index in [1.165, 1.54) is 34.9 Å². The summed E-state index contributed by atoms with van der Waals surface area (Å²) in [4.78, 5) is 54.8. The van der Waals surface area contributed by atoms with E-state index in [2.05, 4.69) is 5.32 Å². The number of thioether (sulfide) groups is 1. The van der Waals surface area contributed by atoms with E-state index in [4.69, 9.17) is 11.6 Å². The summed E-state index contributed by atoms with van der Waals surface area (Å²) in [5.41, 5.74) is 1.13. The van der Waals surface area contributed by atoms with Crippen LogP contribution in [0.2, 0.25) is 5.02 Å². The van der Waals surface area contributed by atoms with Crippen molar-refractivity contribution in [1.29, 1.82) is 0 Å². The van der Waals surface area contributed by atoms with Gasteiger partial charge in [0.15, 0.2) is 0 Å². The third kappa shape index (κ3) is 4.49. The molecule has 3 unspecified atom stereocenters. The Morgan fingerprint density at radius 3 is 2.38 bits per heavy atom. The number of halogens is 2. The van der Waals surface area contributed by atoms with Gasteiger partial charge in [0, 0.05) is 27.1 Å². The zero-order chi connectivity index (χ0) is 28.1. The number of phenolic OH excluding ortho intramolecular Hbond substituents is 1. The van der Waals surface area contributed by atoms with Crippen molar-refractivity contribution in [2.45, 2.75) is 22.7 Å². The van der Waals surface area contributed by atoms with Gasteiger partial charge in [0.25, 0.3) is 0 Å². The van der Waals surface area contributed by atoms with Gasteiger partial charge in [-0.05, 0) is 54.6 Å². The number of anilines is 2. The number of para-hydroxylation sites is 1. The van der Waals surface area contributed by atoms with E-state index in [1.54, 1.807) is 42.5 Å².